The van der Waals surface area contributed by atoms with E-state index in [1.54, 1.807) is 12.0 Å². The molecule has 2 atom stereocenters. The van der Waals surface area contributed by atoms with Gasteiger partial charge in [-0.2, -0.15) is 4.98 Å². The number of hydrogen-bond donors (Lipinski definition) is 1. The molecule has 1 aromatic rings. The molecule has 2 saturated heterocycles. The third kappa shape index (κ3) is 6.21. The van der Waals surface area contributed by atoms with E-state index in [-0.39, 0.29) is 36.8 Å². The summed E-state index contributed by atoms with van der Waals surface area (Å²) < 4.78 is 37.0. The largest absolute Gasteiger partial charge is 0.374 e. The van der Waals surface area contributed by atoms with Gasteiger partial charge in [0.05, 0.1) is 19.1 Å². The monoisotopic (exact) mass is 445 g/mol. The Balaban J connectivity index is 0.00000196. The minimum absolute atomic E-state index is 0. The summed E-state index contributed by atoms with van der Waals surface area (Å²) in [7, 11) is 1.58. The van der Waals surface area contributed by atoms with E-state index in [1.165, 1.54) is 0 Å². The number of carbonyl (C=O) groups is 1. The van der Waals surface area contributed by atoms with Gasteiger partial charge < -0.3 is 14.2 Å². The van der Waals surface area contributed by atoms with Crippen molar-refractivity contribution in [2.24, 2.45) is 0 Å². The summed E-state index contributed by atoms with van der Waals surface area (Å²) in [6.45, 7) is 4.37. The molecule has 2 unspecified atom stereocenters. The van der Waals surface area contributed by atoms with E-state index < -0.39 is 24.9 Å². The number of ether oxygens (including phenoxy) is 1. The van der Waals surface area contributed by atoms with Crippen molar-refractivity contribution in [2.75, 3.05) is 39.8 Å². The lowest BCUT2D eigenvalue weighted by atomic mass is 10.1. The highest BCUT2D eigenvalue weighted by Gasteiger charge is 2.43. The van der Waals surface area contributed by atoms with Gasteiger partial charge in [0.25, 0.3) is 5.92 Å². The van der Waals surface area contributed by atoms with Crippen molar-refractivity contribution in [1.82, 2.24) is 25.3 Å². The van der Waals surface area contributed by atoms with Crippen LogP contribution in [0, 0.1) is 0 Å². The molecule has 2 aliphatic heterocycles. The molecule has 8 nitrogen and oxygen atoms in total. The SMILES string of the molecule is COC(C)c1noc(CN2CCCN(C(=O)C3CC(F)(F)CN3)CC2)n1.Cl.Cl. The fourth-order valence-corrected chi connectivity index (χ4v) is 3.25. The second-order valence-corrected chi connectivity index (χ2v) is 6.87. The maximum Gasteiger partial charge on any atom is 0.262 e. The fourth-order valence-electron chi connectivity index (χ4n) is 3.25. The van der Waals surface area contributed by atoms with E-state index in [9.17, 15) is 13.6 Å². The molecule has 3 rings (SSSR count). The molecule has 0 saturated carbocycles. The van der Waals surface area contributed by atoms with Gasteiger partial charge in [0.2, 0.25) is 11.8 Å². The first-order valence-corrected chi connectivity index (χ1v) is 8.85. The van der Waals surface area contributed by atoms with Gasteiger partial charge in [0.1, 0.15) is 6.10 Å². The normalized spacial score (nSPS) is 23.4. The van der Waals surface area contributed by atoms with Crippen molar-refractivity contribution in [2.45, 2.75) is 44.4 Å². The van der Waals surface area contributed by atoms with Crippen molar-refractivity contribution in [1.29, 1.82) is 0 Å². The van der Waals surface area contributed by atoms with Crippen molar-refractivity contribution >= 4 is 30.7 Å². The Labute approximate surface area is 175 Å². The minimum Gasteiger partial charge on any atom is -0.374 e. The van der Waals surface area contributed by atoms with Crippen LogP contribution in [0.15, 0.2) is 4.52 Å². The molecule has 0 bridgehead atoms. The summed E-state index contributed by atoms with van der Waals surface area (Å²) in [5.74, 6) is -2.03. The van der Waals surface area contributed by atoms with Crippen LogP contribution in [0.5, 0.6) is 0 Å². The summed E-state index contributed by atoms with van der Waals surface area (Å²) in [4.78, 5) is 20.6. The number of carbonyl (C=O) groups excluding carboxylic acids is 1. The van der Waals surface area contributed by atoms with Gasteiger partial charge in [-0.3, -0.25) is 15.0 Å². The lowest BCUT2D eigenvalue weighted by Gasteiger charge is -2.24. The number of nitrogens with one attached hydrogen (secondary N) is 1. The van der Waals surface area contributed by atoms with Crippen molar-refractivity contribution in [3.63, 3.8) is 0 Å². The number of aromatic nitrogens is 2. The van der Waals surface area contributed by atoms with Crippen LogP contribution in [0.25, 0.3) is 0 Å². The van der Waals surface area contributed by atoms with Crippen molar-refractivity contribution < 1.29 is 22.8 Å². The first-order valence-electron chi connectivity index (χ1n) is 8.85. The molecule has 2 fully saturated rings. The molecule has 2 aliphatic rings. The zero-order valence-electron chi connectivity index (χ0n) is 15.9. The molecule has 12 heteroatoms. The highest BCUT2D eigenvalue weighted by atomic mass is 35.5. The van der Waals surface area contributed by atoms with Crippen LogP contribution < -0.4 is 5.32 Å². The van der Waals surface area contributed by atoms with Crippen LogP contribution in [0.3, 0.4) is 0 Å². The molecule has 1 N–H and O–H groups in total. The highest BCUT2D eigenvalue weighted by Crippen LogP contribution is 2.26. The predicted molar refractivity (Wildman–Crippen MR) is 102 cm³/mol. The van der Waals surface area contributed by atoms with Gasteiger partial charge in [0.15, 0.2) is 5.82 Å². The lowest BCUT2D eigenvalue weighted by molar-refractivity contribution is -0.133. The van der Waals surface area contributed by atoms with E-state index in [0.29, 0.717) is 37.9 Å². The Morgan fingerprint density at radius 3 is 2.75 bits per heavy atom. The number of halogens is 4. The molecule has 162 valence electrons. The molecule has 0 aliphatic carbocycles. The second kappa shape index (κ2) is 10.6. The minimum atomic E-state index is -2.80. The maximum atomic E-state index is 13.3. The van der Waals surface area contributed by atoms with Crippen molar-refractivity contribution in [3.05, 3.63) is 11.7 Å². The first kappa shape index (κ1) is 25.0. The zero-order valence-corrected chi connectivity index (χ0v) is 17.5. The van der Waals surface area contributed by atoms with E-state index in [0.717, 1.165) is 13.0 Å². The molecule has 0 radical (unpaired) electrons. The highest BCUT2D eigenvalue weighted by molar-refractivity contribution is 5.85. The molecule has 0 aromatic carbocycles. The van der Waals surface area contributed by atoms with Crippen molar-refractivity contribution in [3.8, 4) is 0 Å². The average molecular weight is 446 g/mol. The molecule has 1 aromatic heterocycles. The Hall–Kier alpha value is -1.07. The van der Waals surface area contributed by atoms with Crippen LogP contribution in [-0.4, -0.2) is 77.6 Å². The summed E-state index contributed by atoms with van der Waals surface area (Å²) in [5, 5.41) is 6.54. The van der Waals surface area contributed by atoms with Crippen LogP contribution in [0.4, 0.5) is 8.78 Å². The van der Waals surface area contributed by atoms with Gasteiger partial charge in [-0.05, 0) is 13.3 Å². The molecule has 3 heterocycles. The maximum absolute atomic E-state index is 13.3. The lowest BCUT2D eigenvalue weighted by Crippen LogP contribution is -2.45. The number of alkyl halides is 2. The van der Waals surface area contributed by atoms with Crippen LogP contribution in [0.1, 0.15) is 37.6 Å². The third-order valence-corrected chi connectivity index (χ3v) is 4.87. The Morgan fingerprint density at radius 2 is 2.11 bits per heavy atom. The Kier molecular flexibility index (Phi) is 9.48. The second-order valence-electron chi connectivity index (χ2n) is 6.87. The average Bonchev–Trinajstić information content (AvgIpc) is 3.14. The topological polar surface area (TPSA) is 83.7 Å². The smallest absolute Gasteiger partial charge is 0.262 e. The predicted octanol–water partition coefficient (Wildman–Crippen LogP) is 1.65. The molecule has 28 heavy (non-hydrogen) atoms. The molecule has 1 amide bonds. The summed E-state index contributed by atoms with van der Waals surface area (Å²) in [6, 6.07) is -0.786. The fraction of sp³-hybridized carbons (Fsp3) is 0.812. The van der Waals surface area contributed by atoms with Crippen LogP contribution in [0.2, 0.25) is 0 Å². The first-order chi connectivity index (χ1) is 12.4. The van der Waals surface area contributed by atoms with E-state index in [4.69, 9.17) is 9.26 Å². The van der Waals surface area contributed by atoms with Gasteiger partial charge in [0, 0.05) is 39.7 Å². The Bertz CT molecular complexity index is 637. The standard InChI is InChI=1S/C16H25F2N5O3.2ClH/c1-11(25-2)14-20-13(26-21-14)9-22-4-3-5-23(7-6-22)15(24)12-8-16(17,18)10-19-12;;/h11-12,19H,3-10H2,1-2H3;2*1H. The third-order valence-electron chi connectivity index (χ3n) is 4.87. The quantitative estimate of drug-likeness (QED) is 0.737. The van der Waals surface area contributed by atoms with E-state index in [2.05, 4.69) is 20.4 Å². The van der Waals surface area contributed by atoms with E-state index >= 15 is 0 Å². The van der Waals surface area contributed by atoms with Gasteiger partial charge >= 0.3 is 0 Å². The Morgan fingerprint density at radius 1 is 1.36 bits per heavy atom. The van der Waals surface area contributed by atoms with Gasteiger partial charge in [-0.15, -0.1) is 24.8 Å². The van der Waals surface area contributed by atoms with Crippen LogP contribution >= 0.6 is 24.8 Å². The van der Waals surface area contributed by atoms with Crippen LogP contribution in [-0.2, 0) is 16.1 Å². The van der Waals surface area contributed by atoms with Gasteiger partial charge in [-0.1, -0.05) is 5.16 Å². The molecular formula is C16H27Cl2F2N5O3. The van der Waals surface area contributed by atoms with E-state index in [1.807, 2.05) is 6.92 Å². The summed E-state index contributed by atoms with van der Waals surface area (Å²) >= 11 is 0. The number of methoxy groups -OCH3 is 1. The molecular weight excluding hydrogens is 419 g/mol. The zero-order chi connectivity index (χ0) is 18.7. The molecule has 0 spiro atoms. The van der Waals surface area contributed by atoms with Gasteiger partial charge in [-0.25, -0.2) is 8.78 Å². The summed E-state index contributed by atoms with van der Waals surface area (Å²) in [5.41, 5.74) is 0. The number of nitrogens with zero attached hydrogens (tertiary/aromatic N) is 4. The number of rotatable bonds is 5. The number of hydrogen-bond acceptors (Lipinski definition) is 7. The summed E-state index contributed by atoms with van der Waals surface area (Å²) in [6.07, 6.45) is 0.112. The number of amides is 1.